The van der Waals surface area contributed by atoms with Gasteiger partial charge >= 0.3 is 0 Å². The Balaban J connectivity index is 1.47. The molecule has 4 aromatic rings. The van der Waals surface area contributed by atoms with Gasteiger partial charge in [-0.2, -0.15) is 4.52 Å². The van der Waals surface area contributed by atoms with Gasteiger partial charge in [-0.15, -0.1) is 5.10 Å². The fraction of sp³-hybridized carbons (Fsp3) is 0.273. The van der Waals surface area contributed by atoms with Crippen molar-refractivity contribution in [1.82, 2.24) is 19.5 Å². The molecule has 9 heteroatoms. The quantitative estimate of drug-likeness (QED) is 0.519. The van der Waals surface area contributed by atoms with Crippen LogP contribution in [0.4, 0.5) is 14.5 Å². The largest absolute Gasteiger partial charge is 0.492 e. The molecule has 0 saturated carbocycles. The van der Waals surface area contributed by atoms with E-state index in [0.717, 1.165) is 24.3 Å². The molecule has 1 N–H and O–H groups in total. The zero-order chi connectivity index (χ0) is 21.5. The average molecular weight is 442 g/mol. The lowest BCUT2D eigenvalue weighted by Gasteiger charge is -2.40. The van der Waals surface area contributed by atoms with Crippen molar-refractivity contribution in [3.05, 3.63) is 76.4 Å². The maximum Gasteiger partial charge on any atom is 0.230 e. The van der Waals surface area contributed by atoms with Crippen molar-refractivity contribution in [2.75, 3.05) is 31.1 Å². The van der Waals surface area contributed by atoms with E-state index in [1.807, 2.05) is 6.07 Å². The molecule has 1 aliphatic rings. The molecular formula is C22H21F2N5OS. The molecule has 2 aromatic carbocycles. The second-order valence-corrected chi connectivity index (χ2v) is 8.61. The minimum Gasteiger partial charge on any atom is -0.492 e. The number of benzene rings is 2. The molecule has 2 aromatic heterocycles. The highest BCUT2D eigenvalue weighted by atomic mass is 32.1. The Morgan fingerprint density at radius 2 is 1.74 bits per heavy atom. The monoisotopic (exact) mass is 441 g/mol. The van der Waals surface area contributed by atoms with E-state index < -0.39 is 0 Å². The van der Waals surface area contributed by atoms with E-state index in [0.29, 0.717) is 28.8 Å². The van der Waals surface area contributed by atoms with Crippen LogP contribution in [0.25, 0.3) is 4.96 Å². The molecule has 6 nitrogen and oxygen atoms in total. The molecule has 3 heterocycles. The Morgan fingerprint density at radius 1 is 1.00 bits per heavy atom. The molecule has 1 aliphatic heterocycles. The van der Waals surface area contributed by atoms with Crippen LogP contribution < -0.4 is 4.90 Å². The molecule has 160 valence electrons. The summed E-state index contributed by atoms with van der Waals surface area (Å²) in [6.45, 7) is 4.64. The van der Waals surface area contributed by atoms with Crippen LogP contribution in [0.2, 0.25) is 0 Å². The molecule has 1 saturated heterocycles. The molecule has 1 atom stereocenters. The number of aromatic hydroxyl groups is 1. The predicted octanol–water partition coefficient (Wildman–Crippen LogP) is 3.99. The standard InChI is InChI=1S/C22H21F2N5OS/c1-14-25-22-29(26-14)21(30)20(31-22)19(15-3-2-4-17(24)13-15)28-11-9-27(10-12-28)18-7-5-16(23)6-8-18/h2-8,13,19,30H,9-12H2,1H3/t19-/m1/s1. The summed E-state index contributed by atoms with van der Waals surface area (Å²) in [5, 5.41) is 15.2. The van der Waals surface area contributed by atoms with Gasteiger partial charge in [0.15, 0.2) is 0 Å². The van der Waals surface area contributed by atoms with Gasteiger partial charge in [0.2, 0.25) is 10.8 Å². The van der Waals surface area contributed by atoms with Gasteiger partial charge in [-0.1, -0.05) is 23.5 Å². The Morgan fingerprint density at radius 3 is 2.42 bits per heavy atom. The number of fused-ring (bicyclic) bond motifs is 1. The van der Waals surface area contributed by atoms with Crippen molar-refractivity contribution in [1.29, 1.82) is 0 Å². The third kappa shape index (κ3) is 3.75. The number of thiazole rings is 1. The van der Waals surface area contributed by atoms with E-state index in [1.54, 1.807) is 25.1 Å². The number of hydrogen-bond donors (Lipinski definition) is 1. The number of aromatic nitrogens is 3. The van der Waals surface area contributed by atoms with E-state index in [9.17, 15) is 13.9 Å². The van der Waals surface area contributed by atoms with Crippen molar-refractivity contribution in [3.8, 4) is 5.88 Å². The molecule has 0 spiro atoms. The SMILES string of the molecule is Cc1nc2sc([C@@H](c3cccc(F)c3)N3CCN(c4ccc(F)cc4)CC3)c(O)n2n1. The lowest BCUT2D eigenvalue weighted by Crippen LogP contribution is -2.47. The lowest BCUT2D eigenvalue weighted by molar-refractivity contribution is 0.211. The summed E-state index contributed by atoms with van der Waals surface area (Å²) in [6.07, 6.45) is 0. The maximum absolute atomic E-state index is 14.1. The van der Waals surface area contributed by atoms with Crippen LogP contribution in [-0.4, -0.2) is 50.8 Å². The fourth-order valence-corrected chi connectivity index (χ4v) is 5.28. The Labute approximate surface area is 182 Å². The van der Waals surface area contributed by atoms with Crippen LogP contribution in [0.1, 0.15) is 22.3 Å². The number of hydrogen-bond acceptors (Lipinski definition) is 6. The second kappa shape index (κ2) is 7.90. The molecule has 1 fully saturated rings. The van der Waals surface area contributed by atoms with Gasteiger partial charge in [-0.05, 0) is 48.9 Å². The summed E-state index contributed by atoms with van der Waals surface area (Å²) in [5.74, 6) is 0.0527. The number of nitrogens with zero attached hydrogens (tertiary/aromatic N) is 5. The minimum absolute atomic E-state index is 0.0378. The topological polar surface area (TPSA) is 56.9 Å². The molecule has 0 bridgehead atoms. The highest BCUT2D eigenvalue weighted by Crippen LogP contribution is 2.40. The van der Waals surface area contributed by atoms with Gasteiger partial charge in [-0.25, -0.2) is 13.8 Å². The van der Waals surface area contributed by atoms with E-state index in [4.69, 9.17) is 0 Å². The first kappa shape index (κ1) is 19.9. The molecule has 0 unspecified atom stereocenters. The molecule has 0 aliphatic carbocycles. The van der Waals surface area contributed by atoms with Crippen molar-refractivity contribution in [2.24, 2.45) is 0 Å². The van der Waals surface area contributed by atoms with Crippen molar-refractivity contribution < 1.29 is 13.9 Å². The summed E-state index contributed by atoms with van der Waals surface area (Å²) in [7, 11) is 0. The van der Waals surface area contributed by atoms with Gasteiger partial charge in [0.25, 0.3) is 0 Å². The summed E-state index contributed by atoms with van der Waals surface area (Å²) in [4.78, 5) is 10.1. The molecule has 0 radical (unpaired) electrons. The number of piperazine rings is 1. The normalized spacial score (nSPS) is 16.2. The van der Waals surface area contributed by atoms with Crippen LogP contribution in [0.3, 0.4) is 0 Å². The number of aryl methyl sites for hydroxylation is 1. The first-order valence-electron chi connectivity index (χ1n) is 10.0. The van der Waals surface area contributed by atoms with Gasteiger partial charge in [0.05, 0.1) is 10.9 Å². The van der Waals surface area contributed by atoms with Crippen LogP contribution >= 0.6 is 11.3 Å². The highest BCUT2D eigenvalue weighted by molar-refractivity contribution is 7.17. The maximum atomic E-state index is 14.1. The zero-order valence-electron chi connectivity index (χ0n) is 16.9. The third-order valence-corrected chi connectivity index (χ3v) is 6.66. The average Bonchev–Trinajstić information content (AvgIpc) is 3.27. The van der Waals surface area contributed by atoms with E-state index >= 15 is 0 Å². The number of anilines is 1. The number of halogens is 2. The predicted molar refractivity (Wildman–Crippen MR) is 116 cm³/mol. The summed E-state index contributed by atoms with van der Waals surface area (Å²) < 4.78 is 28.8. The zero-order valence-corrected chi connectivity index (χ0v) is 17.7. The van der Waals surface area contributed by atoms with E-state index in [-0.39, 0.29) is 23.6 Å². The smallest absolute Gasteiger partial charge is 0.230 e. The van der Waals surface area contributed by atoms with Crippen LogP contribution in [-0.2, 0) is 0 Å². The number of rotatable bonds is 4. The minimum atomic E-state index is -0.320. The lowest BCUT2D eigenvalue weighted by atomic mass is 10.0. The molecule has 31 heavy (non-hydrogen) atoms. The van der Waals surface area contributed by atoms with E-state index in [2.05, 4.69) is 19.9 Å². The summed E-state index contributed by atoms with van der Waals surface area (Å²) in [5.41, 5.74) is 1.74. The van der Waals surface area contributed by atoms with Gasteiger partial charge in [0.1, 0.15) is 17.5 Å². The molecular weight excluding hydrogens is 420 g/mol. The van der Waals surface area contributed by atoms with Crippen LogP contribution in [0.15, 0.2) is 48.5 Å². The van der Waals surface area contributed by atoms with E-state index in [1.165, 1.54) is 40.1 Å². The van der Waals surface area contributed by atoms with Gasteiger partial charge < -0.3 is 10.0 Å². The molecule has 0 amide bonds. The van der Waals surface area contributed by atoms with Gasteiger partial charge in [-0.3, -0.25) is 4.90 Å². The van der Waals surface area contributed by atoms with Crippen molar-refractivity contribution in [3.63, 3.8) is 0 Å². The van der Waals surface area contributed by atoms with Gasteiger partial charge in [0, 0.05) is 31.9 Å². The fourth-order valence-electron chi connectivity index (χ4n) is 4.12. The Kier molecular flexibility index (Phi) is 5.07. The third-order valence-electron chi connectivity index (χ3n) is 5.59. The Hall–Kier alpha value is -3.04. The Bertz CT molecular complexity index is 1210. The van der Waals surface area contributed by atoms with Crippen LogP contribution in [0, 0.1) is 18.6 Å². The molecule has 5 rings (SSSR count). The summed E-state index contributed by atoms with van der Waals surface area (Å²) in [6, 6.07) is 12.7. The highest BCUT2D eigenvalue weighted by Gasteiger charge is 2.32. The first-order chi connectivity index (χ1) is 15.0. The summed E-state index contributed by atoms with van der Waals surface area (Å²) >= 11 is 1.37. The van der Waals surface area contributed by atoms with Crippen LogP contribution in [0.5, 0.6) is 5.88 Å². The van der Waals surface area contributed by atoms with Crippen molar-refractivity contribution in [2.45, 2.75) is 13.0 Å². The second-order valence-electron chi connectivity index (χ2n) is 7.60. The van der Waals surface area contributed by atoms with Crippen molar-refractivity contribution >= 4 is 22.0 Å². The first-order valence-corrected chi connectivity index (χ1v) is 10.9.